The first kappa shape index (κ1) is 71.7. The lowest BCUT2D eigenvalue weighted by atomic mass is 9.80. The average Bonchev–Trinajstić information content (AvgIpc) is 0.863. The molecule has 0 spiro atoms. The van der Waals surface area contributed by atoms with Gasteiger partial charge in [-0.05, 0) is 112 Å². The fraction of sp³-hybridized carbons (Fsp3) is 0.295. The van der Waals surface area contributed by atoms with Gasteiger partial charge in [-0.1, -0.05) is 131 Å². The molecule has 0 bridgehead atoms. The molecule has 6 amide bonds. The molecule has 110 heavy (non-hydrogen) atoms. The van der Waals surface area contributed by atoms with Crippen molar-refractivity contribution in [1.82, 2.24) is 19.6 Å². The lowest BCUT2D eigenvalue weighted by molar-refractivity contribution is -0.138. The van der Waals surface area contributed by atoms with Gasteiger partial charge in [0.05, 0.1) is 102 Å². The molecule has 4 fully saturated rings. The van der Waals surface area contributed by atoms with Crippen LogP contribution in [0.4, 0.5) is 0 Å². The molecule has 11 aromatic carbocycles. The van der Waals surface area contributed by atoms with Gasteiger partial charge in [0.2, 0.25) is 0 Å². The fourth-order valence-corrected chi connectivity index (χ4v) is 14.6. The van der Waals surface area contributed by atoms with Crippen molar-refractivity contribution in [2.45, 2.75) is 64.2 Å². The number of epoxide rings is 4. The van der Waals surface area contributed by atoms with Crippen LogP contribution in [0.15, 0.2) is 182 Å². The van der Waals surface area contributed by atoms with E-state index in [-0.39, 0.29) is 165 Å². The summed E-state index contributed by atoms with van der Waals surface area (Å²) in [6.07, 6.45) is -0.189. The van der Waals surface area contributed by atoms with Gasteiger partial charge < -0.3 is 66.6 Å². The Bertz CT molecular complexity index is 4740. The van der Waals surface area contributed by atoms with Crippen molar-refractivity contribution >= 4 is 78.5 Å². The van der Waals surface area contributed by atoms with Crippen LogP contribution in [-0.2, 0) is 47.5 Å². The zero-order valence-electron chi connectivity index (χ0n) is 61.2. The number of hydrogen-bond acceptors (Lipinski definition) is 18. The van der Waals surface area contributed by atoms with Crippen LogP contribution in [0, 0.1) is 27.7 Å². The fourth-order valence-electron chi connectivity index (χ4n) is 14.6. The third kappa shape index (κ3) is 14.8. The molecule has 560 valence electrons. The van der Waals surface area contributed by atoms with Crippen LogP contribution in [0.1, 0.15) is 86.9 Å². The molecule has 4 saturated heterocycles. The van der Waals surface area contributed by atoms with Crippen LogP contribution in [0.2, 0.25) is 0 Å². The summed E-state index contributed by atoms with van der Waals surface area (Å²) in [6.45, 7) is 12.1. The van der Waals surface area contributed by atoms with Gasteiger partial charge in [-0.15, -0.1) is 0 Å². The predicted molar refractivity (Wildman–Crippen MR) is 407 cm³/mol. The summed E-state index contributed by atoms with van der Waals surface area (Å²) in [5.74, 6) is -2.77. The zero-order chi connectivity index (χ0) is 75.3. The molecule has 6 aliphatic heterocycles. The minimum absolute atomic E-state index is 0.0147. The standard InChI is InChI=1S/C88H80N4O18/c1-51-15-23-57(24-16-51)107-69-39-65-73-66(84(94)91(83(65)93)81(55-11-7-5-8-12-55)87(97)89(31-35-99-43-61-47-103-61)32-36-100-44-62-48-104-62)41-71(109-59-27-19-53(3)20-28-59)77-78-72(110-60-29-21-54(4)22-30-60)42-68-74-67(40-70(76(80(74)78)75(69)79(73)77)108-58-25-17-52(2)18-26-58)85(95)92(86(68)96)82(56-13-9-6-10-14-56)88(98)90(33-37-101-45-63-49-105-63)34-38-102-46-64-50-106-64/h5-30,39-42,61-64,81-82H,31-38,43-50H2,1-4H3. The van der Waals surface area contributed by atoms with Crippen LogP contribution < -0.4 is 18.9 Å². The molecule has 6 heterocycles. The number of aryl methyl sites for hydroxylation is 4. The lowest BCUT2D eigenvalue weighted by Gasteiger charge is -2.38. The van der Waals surface area contributed by atoms with E-state index in [0.29, 0.717) is 87.0 Å². The molecule has 0 aliphatic carbocycles. The highest BCUT2D eigenvalue weighted by atomic mass is 16.6. The first-order valence-corrected chi connectivity index (χ1v) is 37.2. The summed E-state index contributed by atoms with van der Waals surface area (Å²) < 4.78 is 75.1. The normalized spacial score (nSPS) is 18.0. The summed E-state index contributed by atoms with van der Waals surface area (Å²) in [6, 6.07) is 50.2. The number of carbonyl (C=O) groups is 6. The monoisotopic (exact) mass is 1480 g/mol. The van der Waals surface area contributed by atoms with E-state index in [1.165, 1.54) is 0 Å². The molecular formula is C88H80N4O18. The molecule has 22 nitrogen and oxygen atoms in total. The number of ether oxygens (including phenoxy) is 12. The average molecular weight is 1480 g/mol. The summed E-state index contributed by atoms with van der Waals surface area (Å²) in [7, 11) is 0. The van der Waals surface area contributed by atoms with Crippen LogP contribution in [0.25, 0.3) is 43.1 Å². The Morgan fingerprint density at radius 2 is 0.582 bits per heavy atom. The van der Waals surface area contributed by atoms with Crippen molar-refractivity contribution in [3.8, 4) is 46.0 Å². The number of rotatable bonds is 34. The molecule has 0 aromatic heterocycles. The smallest absolute Gasteiger partial charge is 0.262 e. The first-order valence-electron chi connectivity index (χ1n) is 37.2. The Hall–Kier alpha value is -11.2. The second-order valence-electron chi connectivity index (χ2n) is 28.7. The first-order chi connectivity index (χ1) is 53.7. The van der Waals surface area contributed by atoms with E-state index in [0.717, 1.165) is 32.1 Å². The number of carbonyl (C=O) groups excluding carboxylic acids is 6. The van der Waals surface area contributed by atoms with E-state index in [1.54, 1.807) is 143 Å². The van der Waals surface area contributed by atoms with E-state index in [9.17, 15) is 0 Å². The number of nitrogens with zero attached hydrogens (tertiary/aromatic N) is 4. The third-order valence-electron chi connectivity index (χ3n) is 20.6. The van der Waals surface area contributed by atoms with Crippen LogP contribution >= 0.6 is 0 Å². The minimum atomic E-state index is -1.56. The van der Waals surface area contributed by atoms with Gasteiger partial charge in [0.1, 0.15) is 82.5 Å². The summed E-state index contributed by atoms with van der Waals surface area (Å²) in [5, 5.41) is 1.99. The summed E-state index contributed by atoms with van der Waals surface area (Å²) in [5.41, 5.74) is 4.35. The molecule has 11 aromatic rings. The highest BCUT2D eigenvalue weighted by molar-refractivity contribution is 6.45. The molecule has 0 saturated carbocycles. The SMILES string of the molecule is Cc1ccc(Oc2cc3c4c(cc(Oc5ccc(C)cc5)c5c6c(Oc7ccc(C)cc7)cc7c8c(cc(Oc9ccc(C)cc9)c(c2c45)c86)C(=O)N(C(C(=O)N(CCOCC2CO2)CCOCC2CO2)c2ccccc2)C7=O)C(=O)N(C(C(=O)N(CCOCC2CO2)CCOCC2CO2)c2ccccc2)C3=O)cc1. The quantitative estimate of drug-likeness (QED) is 0.0120. The van der Waals surface area contributed by atoms with Crippen molar-refractivity contribution < 1.29 is 85.6 Å². The second kappa shape index (κ2) is 30.7. The largest absolute Gasteiger partial charge is 0.457 e. The molecule has 6 aliphatic rings. The molecule has 17 rings (SSSR count). The molecule has 0 radical (unpaired) electrons. The lowest BCUT2D eigenvalue weighted by Crippen LogP contribution is -2.51. The van der Waals surface area contributed by atoms with Gasteiger partial charge in [0.15, 0.2) is 0 Å². The number of imide groups is 2. The number of fused-ring (bicyclic) bond motifs is 2. The molecule has 22 heteroatoms. The van der Waals surface area contributed by atoms with Crippen molar-refractivity contribution in [2.24, 2.45) is 0 Å². The maximum Gasteiger partial charge on any atom is 0.262 e. The van der Waals surface area contributed by atoms with E-state index in [2.05, 4.69) is 0 Å². The zero-order valence-corrected chi connectivity index (χ0v) is 61.2. The van der Waals surface area contributed by atoms with E-state index >= 15 is 28.8 Å². The molecule has 6 atom stereocenters. The summed E-state index contributed by atoms with van der Waals surface area (Å²) in [4.78, 5) is 105. The molecular weight excluding hydrogens is 1400 g/mol. The number of benzene rings is 11. The van der Waals surface area contributed by atoms with E-state index in [4.69, 9.17) is 56.8 Å². The Morgan fingerprint density at radius 1 is 0.345 bits per heavy atom. The van der Waals surface area contributed by atoms with Crippen molar-refractivity contribution in [2.75, 3.05) is 105 Å². The Kier molecular flexibility index (Phi) is 20.0. The van der Waals surface area contributed by atoms with Gasteiger partial charge in [-0.25, -0.2) is 0 Å². The highest BCUT2D eigenvalue weighted by Crippen LogP contribution is 2.59. The van der Waals surface area contributed by atoms with Crippen LogP contribution in [0.5, 0.6) is 46.0 Å². The Balaban J connectivity index is 0.930. The van der Waals surface area contributed by atoms with Gasteiger partial charge >= 0.3 is 0 Å². The van der Waals surface area contributed by atoms with Crippen LogP contribution in [-0.4, -0.2) is 185 Å². The maximum absolute atomic E-state index is 16.8. The van der Waals surface area contributed by atoms with Crippen molar-refractivity contribution in [3.63, 3.8) is 0 Å². The second-order valence-corrected chi connectivity index (χ2v) is 28.7. The Labute approximate surface area is 633 Å². The summed E-state index contributed by atoms with van der Waals surface area (Å²) >= 11 is 0. The van der Waals surface area contributed by atoms with Crippen molar-refractivity contribution in [3.05, 3.63) is 238 Å². The van der Waals surface area contributed by atoms with E-state index < -0.39 is 47.5 Å². The minimum Gasteiger partial charge on any atom is -0.457 e. The van der Waals surface area contributed by atoms with Gasteiger partial charge in [-0.3, -0.25) is 38.6 Å². The topological polar surface area (TPSA) is 239 Å². The predicted octanol–water partition coefficient (Wildman–Crippen LogP) is 14.1. The molecule has 0 N–H and O–H groups in total. The third-order valence-corrected chi connectivity index (χ3v) is 20.6. The number of amides is 6. The van der Waals surface area contributed by atoms with Crippen molar-refractivity contribution in [1.29, 1.82) is 0 Å². The van der Waals surface area contributed by atoms with Crippen LogP contribution in [0.3, 0.4) is 0 Å². The van der Waals surface area contributed by atoms with Gasteiger partial charge in [0, 0.05) is 69.3 Å². The van der Waals surface area contributed by atoms with Gasteiger partial charge in [-0.2, -0.15) is 0 Å². The Morgan fingerprint density at radius 3 is 0.809 bits per heavy atom. The van der Waals surface area contributed by atoms with Gasteiger partial charge in [0.25, 0.3) is 35.4 Å². The number of hydrogen-bond donors (Lipinski definition) is 0. The van der Waals surface area contributed by atoms with E-state index in [1.807, 2.05) is 76.2 Å². The highest BCUT2D eigenvalue weighted by Gasteiger charge is 2.48. The maximum atomic E-state index is 16.8. The molecule has 6 unspecified atom stereocenters.